The third kappa shape index (κ3) is 3.48. The maximum atomic E-state index is 14.3. The molecule has 5 rings (SSSR count). The first-order chi connectivity index (χ1) is 18.5. The van der Waals surface area contributed by atoms with Gasteiger partial charge in [-0.1, -0.05) is 32.0 Å². The fourth-order valence-corrected chi connectivity index (χ4v) is 7.68. The van der Waals surface area contributed by atoms with E-state index in [-0.39, 0.29) is 23.1 Å². The standard InChI is InChI=1S/C29H36O11/c1-14-17(31)11-27(36)23(39-24(35)16-9-7-6-8-10-16)21-26(5,22(34)20(33)19(14)25(27,3)4)18(32)12-29(37)28(21,13-38-29)40-15(2)30/h6-10,17-18,20-21,23,31-33,36-37H,11-13H2,1-5H3/t17-,18-,20+,21-,23-,26+,27+,28+,29+/m0/s1. The summed E-state index contributed by atoms with van der Waals surface area (Å²) in [7, 11) is 0. The summed E-state index contributed by atoms with van der Waals surface area (Å²) in [5.41, 5.74) is -7.34. The van der Waals surface area contributed by atoms with Crippen LogP contribution in [0.3, 0.4) is 0 Å². The lowest BCUT2D eigenvalue weighted by Crippen LogP contribution is -2.86. The van der Waals surface area contributed by atoms with E-state index >= 15 is 0 Å². The zero-order valence-corrected chi connectivity index (χ0v) is 23.1. The first-order valence-electron chi connectivity index (χ1n) is 13.3. The summed E-state index contributed by atoms with van der Waals surface area (Å²) >= 11 is 0. The molecule has 1 aliphatic heterocycles. The Kier molecular flexibility index (Phi) is 6.43. The second-order valence-corrected chi connectivity index (χ2v) is 12.4. The minimum absolute atomic E-state index is 0.0404. The van der Waals surface area contributed by atoms with Gasteiger partial charge in [-0.3, -0.25) is 9.59 Å². The SMILES string of the molecule is CC(=O)O[C@@]12CO[C@]1(O)C[C@H](O)[C@@]1(C)C(=O)[C@H](O)C3=C(C)[C@@H](O)C[C@@](O)([C@@H](OC(=O)c4ccccc4)[C@@H]12)C3(C)C. The number of carbonyl (C=O) groups excluding carboxylic acids is 3. The summed E-state index contributed by atoms with van der Waals surface area (Å²) < 4.78 is 17.2. The number of aliphatic hydroxyl groups excluding tert-OH is 3. The number of Topliss-reactive ketones (excluding diaryl/α,β-unsaturated/α-hetero) is 1. The van der Waals surface area contributed by atoms with Crippen molar-refractivity contribution in [2.75, 3.05) is 6.61 Å². The Bertz CT molecular complexity index is 1290. The number of hydrogen-bond donors (Lipinski definition) is 5. The van der Waals surface area contributed by atoms with Gasteiger partial charge in [0.05, 0.1) is 35.7 Å². The number of fused-ring (bicyclic) bond motifs is 5. The molecule has 9 atom stereocenters. The number of rotatable bonds is 3. The predicted molar refractivity (Wildman–Crippen MR) is 136 cm³/mol. The molecule has 0 aromatic heterocycles. The van der Waals surface area contributed by atoms with Gasteiger partial charge in [0, 0.05) is 25.2 Å². The highest BCUT2D eigenvalue weighted by Gasteiger charge is 2.82. The minimum Gasteiger partial charge on any atom is -0.455 e. The van der Waals surface area contributed by atoms with E-state index in [0.29, 0.717) is 0 Å². The van der Waals surface area contributed by atoms with E-state index in [0.717, 1.165) is 6.92 Å². The summed E-state index contributed by atoms with van der Waals surface area (Å²) in [6.07, 6.45) is -7.60. The summed E-state index contributed by atoms with van der Waals surface area (Å²) in [4.78, 5) is 40.4. The van der Waals surface area contributed by atoms with Crippen molar-refractivity contribution in [2.45, 2.75) is 88.9 Å². The van der Waals surface area contributed by atoms with Crippen LogP contribution in [-0.4, -0.2) is 91.3 Å². The van der Waals surface area contributed by atoms with Gasteiger partial charge in [0.2, 0.25) is 5.79 Å². The Labute approximate surface area is 231 Å². The maximum Gasteiger partial charge on any atom is 0.338 e. The summed E-state index contributed by atoms with van der Waals surface area (Å²) in [5.74, 6) is -6.56. The number of esters is 2. The van der Waals surface area contributed by atoms with Gasteiger partial charge in [-0.25, -0.2) is 4.79 Å². The van der Waals surface area contributed by atoms with E-state index in [1.807, 2.05) is 0 Å². The van der Waals surface area contributed by atoms with Crippen LogP contribution in [0.4, 0.5) is 0 Å². The van der Waals surface area contributed by atoms with Crippen LogP contribution in [0, 0.1) is 16.7 Å². The Morgan fingerprint density at radius 1 is 1.02 bits per heavy atom. The molecule has 0 amide bonds. The van der Waals surface area contributed by atoms with Crippen molar-refractivity contribution in [1.82, 2.24) is 0 Å². The molecule has 2 saturated carbocycles. The molecule has 1 aromatic carbocycles. The van der Waals surface area contributed by atoms with Crippen LogP contribution >= 0.6 is 0 Å². The van der Waals surface area contributed by atoms with Crippen molar-refractivity contribution in [3.63, 3.8) is 0 Å². The van der Waals surface area contributed by atoms with Crippen molar-refractivity contribution >= 4 is 17.7 Å². The van der Waals surface area contributed by atoms with E-state index in [4.69, 9.17) is 14.2 Å². The average Bonchev–Trinajstić information content (AvgIpc) is 2.88. The fourth-order valence-electron chi connectivity index (χ4n) is 7.68. The Morgan fingerprint density at radius 2 is 1.65 bits per heavy atom. The molecule has 11 nitrogen and oxygen atoms in total. The van der Waals surface area contributed by atoms with Crippen molar-refractivity contribution in [2.24, 2.45) is 16.7 Å². The molecule has 3 fully saturated rings. The van der Waals surface area contributed by atoms with Gasteiger partial charge in [0.15, 0.2) is 11.4 Å². The lowest BCUT2D eigenvalue weighted by molar-refractivity contribution is -0.453. The molecule has 0 radical (unpaired) electrons. The number of aliphatic hydroxyl groups is 5. The van der Waals surface area contributed by atoms with Gasteiger partial charge in [0.25, 0.3) is 0 Å². The summed E-state index contributed by atoms with van der Waals surface area (Å²) in [6.45, 7) is 6.64. The summed E-state index contributed by atoms with van der Waals surface area (Å²) in [5, 5.41) is 58.3. The van der Waals surface area contributed by atoms with Crippen molar-refractivity contribution in [1.29, 1.82) is 0 Å². The first kappa shape index (κ1) is 28.8. The maximum absolute atomic E-state index is 14.3. The van der Waals surface area contributed by atoms with Crippen LogP contribution < -0.4 is 0 Å². The van der Waals surface area contributed by atoms with Crippen molar-refractivity contribution in [3.8, 4) is 0 Å². The lowest BCUT2D eigenvalue weighted by Gasteiger charge is -2.69. The van der Waals surface area contributed by atoms with E-state index < -0.39 is 88.9 Å². The molecule has 0 unspecified atom stereocenters. The topological polar surface area (TPSA) is 180 Å². The number of hydrogen-bond acceptors (Lipinski definition) is 11. The monoisotopic (exact) mass is 560 g/mol. The van der Waals surface area contributed by atoms with Gasteiger partial charge in [-0.05, 0) is 37.1 Å². The Balaban J connectivity index is 1.84. The molecule has 0 spiro atoms. The molecule has 5 N–H and O–H groups in total. The van der Waals surface area contributed by atoms with E-state index in [2.05, 4.69) is 0 Å². The number of ketones is 1. The van der Waals surface area contributed by atoms with Gasteiger partial charge in [-0.2, -0.15) is 0 Å². The van der Waals surface area contributed by atoms with Crippen LogP contribution in [0.25, 0.3) is 0 Å². The lowest BCUT2D eigenvalue weighted by atomic mass is 9.44. The molecule has 1 aromatic rings. The zero-order valence-electron chi connectivity index (χ0n) is 23.1. The number of benzene rings is 1. The quantitative estimate of drug-likeness (QED) is 0.255. The molecular formula is C29H36O11. The average molecular weight is 561 g/mol. The molecule has 4 aliphatic rings. The van der Waals surface area contributed by atoms with Crippen LogP contribution in [0.5, 0.6) is 0 Å². The van der Waals surface area contributed by atoms with Crippen molar-refractivity contribution < 1.29 is 54.1 Å². The predicted octanol–water partition coefficient (Wildman–Crippen LogP) is 0.402. The largest absolute Gasteiger partial charge is 0.455 e. The normalized spacial score (nSPS) is 43.9. The highest BCUT2D eigenvalue weighted by atomic mass is 16.7. The molecule has 11 heteroatoms. The van der Waals surface area contributed by atoms with Crippen molar-refractivity contribution in [3.05, 3.63) is 47.0 Å². The molecule has 1 heterocycles. The third-order valence-corrected chi connectivity index (χ3v) is 10.1. The van der Waals surface area contributed by atoms with Gasteiger partial charge >= 0.3 is 11.9 Å². The van der Waals surface area contributed by atoms with E-state index in [9.17, 15) is 39.9 Å². The van der Waals surface area contributed by atoms with Crippen LogP contribution in [-0.2, 0) is 23.8 Å². The zero-order chi connectivity index (χ0) is 29.6. The minimum atomic E-state index is -2.30. The van der Waals surface area contributed by atoms with E-state index in [1.54, 1.807) is 39.0 Å². The van der Waals surface area contributed by atoms with E-state index in [1.165, 1.54) is 19.1 Å². The number of carbonyl (C=O) groups is 3. The van der Waals surface area contributed by atoms with Gasteiger partial charge in [-0.15, -0.1) is 0 Å². The highest BCUT2D eigenvalue weighted by molar-refractivity contribution is 5.94. The smallest absolute Gasteiger partial charge is 0.338 e. The third-order valence-electron chi connectivity index (χ3n) is 10.1. The molecule has 218 valence electrons. The first-order valence-corrected chi connectivity index (χ1v) is 13.3. The second kappa shape index (κ2) is 8.91. The van der Waals surface area contributed by atoms with Crippen LogP contribution in [0.2, 0.25) is 0 Å². The number of ether oxygens (including phenoxy) is 3. The molecule has 3 aliphatic carbocycles. The summed E-state index contributed by atoms with van der Waals surface area (Å²) in [6, 6.07) is 7.88. The van der Waals surface area contributed by atoms with Gasteiger partial charge in [0.1, 0.15) is 17.8 Å². The molecule has 2 bridgehead atoms. The molecule has 40 heavy (non-hydrogen) atoms. The van der Waals surface area contributed by atoms with Crippen LogP contribution in [0.15, 0.2) is 41.5 Å². The Morgan fingerprint density at radius 3 is 2.20 bits per heavy atom. The fraction of sp³-hybridized carbons (Fsp3) is 0.621. The highest BCUT2D eigenvalue weighted by Crippen LogP contribution is 2.66. The molecular weight excluding hydrogens is 524 g/mol. The Hall–Kier alpha value is -2.67. The van der Waals surface area contributed by atoms with Gasteiger partial charge < -0.3 is 39.7 Å². The molecule has 1 saturated heterocycles. The second-order valence-electron chi connectivity index (χ2n) is 12.4. The van der Waals surface area contributed by atoms with Crippen LogP contribution in [0.1, 0.15) is 57.8 Å².